The van der Waals surface area contributed by atoms with Crippen LogP contribution in [0.3, 0.4) is 0 Å². The monoisotopic (exact) mass is 506 g/mol. The molecule has 2 rings (SSSR count). The van der Waals surface area contributed by atoms with E-state index in [2.05, 4.69) is 5.32 Å². The summed E-state index contributed by atoms with van der Waals surface area (Å²) in [6, 6.07) is 9.75. The Labute approximate surface area is 196 Å². The van der Waals surface area contributed by atoms with Crippen LogP contribution in [0.25, 0.3) is 0 Å². The number of hydrogen-bond acceptors (Lipinski definition) is 4. The van der Waals surface area contributed by atoms with E-state index in [0.29, 0.717) is 16.1 Å². The molecule has 1 amide bonds. The van der Waals surface area contributed by atoms with E-state index in [9.17, 15) is 26.4 Å². The Morgan fingerprint density at radius 2 is 1.76 bits per heavy atom. The third-order valence-corrected chi connectivity index (χ3v) is 6.05. The third kappa shape index (κ3) is 7.53. The van der Waals surface area contributed by atoms with Gasteiger partial charge in [-0.1, -0.05) is 50.6 Å². The van der Waals surface area contributed by atoms with Gasteiger partial charge in [-0.25, -0.2) is 8.42 Å². The molecule has 0 aromatic heterocycles. The predicted molar refractivity (Wildman–Crippen MR) is 122 cm³/mol. The van der Waals surface area contributed by atoms with E-state index < -0.39 is 39.9 Å². The molecule has 11 heteroatoms. The smallest absolute Gasteiger partial charge is 0.416 e. The van der Waals surface area contributed by atoms with Crippen molar-refractivity contribution in [2.24, 2.45) is 0 Å². The van der Waals surface area contributed by atoms with Gasteiger partial charge in [-0.2, -0.15) is 13.2 Å². The number of nitrogens with one attached hydrogen (secondary N) is 1. The predicted octanol–water partition coefficient (Wildman–Crippen LogP) is 4.62. The first-order valence-electron chi connectivity index (χ1n) is 9.94. The maximum atomic E-state index is 13.1. The number of carbonyl (C=O) groups is 1. The molecule has 0 aliphatic heterocycles. The van der Waals surface area contributed by atoms with Crippen molar-refractivity contribution < 1.29 is 31.1 Å². The number of alkyl halides is 3. The van der Waals surface area contributed by atoms with E-state index in [1.807, 2.05) is 45.0 Å². The first-order chi connectivity index (χ1) is 15.1. The number of para-hydroxylation sites is 1. The molecule has 0 aliphatic carbocycles. The maximum Gasteiger partial charge on any atom is 0.416 e. The average molecular weight is 507 g/mol. The molecule has 0 saturated carbocycles. The van der Waals surface area contributed by atoms with E-state index >= 15 is 0 Å². The highest BCUT2D eigenvalue weighted by molar-refractivity contribution is 7.92. The lowest BCUT2D eigenvalue weighted by molar-refractivity contribution is -0.137. The van der Waals surface area contributed by atoms with Gasteiger partial charge in [0.25, 0.3) is 0 Å². The normalized spacial score (nSPS) is 12.4. The minimum Gasteiger partial charge on any atom is -0.491 e. The van der Waals surface area contributed by atoms with Crippen molar-refractivity contribution in [2.75, 3.05) is 30.3 Å². The highest BCUT2D eigenvalue weighted by atomic mass is 35.5. The summed E-state index contributed by atoms with van der Waals surface area (Å²) in [5.41, 5.74) is -0.680. The molecule has 2 aromatic carbocycles. The fourth-order valence-corrected chi connectivity index (χ4v) is 4.14. The Balaban J connectivity index is 2.07. The Bertz CT molecular complexity index is 1100. The molecule has 0 aliphatic rings. The first kappa shape index (κ1) is 26.8. The summed E-state index contributed by atoms with van der Waals surface area (Å²) in [5.74, 6) is -0.0608. The summed E-state index contributed by atoms with van der Waals surface area (Å²) in [7, 11) is -4.10. The van der Waals surface area contributed by atoms with E-state index in [-0.39, 0.29) is 23.6 Å². The van der Waals surface area contributed by atoms with E-state index in [1.165, 1.54) is 0 Å². The summed E-state index contributed by atoms with van der Waals surface area (Å²) in [6.45, 7) is 5.55. The lowest BCUT2D eigenvalue weighted by Crippen LogP contribution is -2.41. The van der Waals surface area contributed by atoms with Gasteiger partial charge in [0.1, 0.15) is 18.9 Å². The third-order valence-electron chi connectivity index (χ3n) is 4.61. The molecular formula is C22H26ClF3N2O4S. The number of benzene rings is 2. The molecule has 0 radical (unpaired) electrons. The molecular weight excluding hydrogens is 481 g/mol. The zero-order valence-electron chi connectivity index (χ0n) is 18.7. The minimum atomic E-state index is -4.70. The molecule has 0 bridgehead atoms. The lowest BCUT2D eigenvalue weighted by Gasteiger charge is -2.24. The number of carbonyl (C=O) groups excluding carboxylic acids is 1. The fraction of sp³-hybridized carbons (Fsp3) is 0.409. The van der Waals surface area contributed by atoms with Crippen LogP contribution in [0.1, 0.15) is 31.9 Å². The summed E-state index contributed by atoms with van der Waals surface area (Å²) in [4.78, 5) is 12.4. The van der Waals surface area contributed by atoms with Crippen LogP contribution in [0.15, 0.2) is 42.5 Å². The highest BCUT2D eigenvalue weighted by Gasteiger charge is 2.33. The minimum absolute atomic E-state index is 0.0607. The van der Waals surface area contributed by atoms with Gasteiger partial charge in [-0.15, -0.1) is 0 Å². The number of halogens is 4. The van der Waals surface area contributed by atoms with Crippen LogP contribution >= 0.6 is 11.6 Å². The second-order valence-electron chi connectivity index (χ2n) is 8.38. The van der Waals surface area contributed by atoms with E-state index in [4.69, 9.17) is 16.3 Å². The topological polar surface area (TPSA) is 75.7 Å². The standard InChI is InChI=1S/C22H26ClF3N2O4S/c1-21(2,3)16-7-5-6-8-19(16)32-12-11-27-20(29)14-28(33(4,30)31)18-13-15(22(24,25)26)9-10-17(18)23/h5-10,13H,11-12,14H2,1-4H3,(H,27,29). The van der Waals surface area contributed by atoms with Crippen molar-refractivity contribution in [1.82, 2.24) is 5.32 Å². The van der Waals surface area contributed by atoms with Gasteiger partial charge in [0.2, 0.25) is 15.9 Å². The summed E-state index contributed by atoms with van der Waals surface area (Å²) >= 11 is 5.95. The Morgan fingerprint density at radius 3 is 2.33 bits per heavy atom. The molecule has 2 aromatic rings. The van der Waals surface area contributed by atoms with Crippen LogP contribution < -0.4 is 14.4 Å². The Hall–Kier alpha value is -2.46. The number of nitrogens with zero attached hydrogens (tertiary/aromatic N) is 1. The van der Waals surface area contributed by atoms with Crippen molar-refractivity contribution in [1.29, 1.82) is 0 Å². The van der Waals surface area contributed by atoms with Gasteiger partial charge >= 0.3 is 6.18 Å². The van der Waals surface area contributed by atoms with Gasteiger partial charge in [-0.05, 0) is 35.2 Å². The zero-order chi connectivity index (χ0) is 25.0. The van der Waals surface area contributed by atoms with Crippen LogP contribution in [0.5, 0.6) is 5.75 Å². The SMILES string of the molecule is CC(C)(C)c1ccccc1OCCNC(=O)CN(c1cc(C(F)(F)F)ccc1Cl)S(C)(=O)=O. The van der Waals surface area contributed by atoms with Crippen molar-refractivity contribution in [3.8, 4) is 5.75 Å². The molecule has 0 fully saturated rings. The molecule has 0 atom stereocenters. The molecule has 0 spiro atoms. The second-order valence-corrected chi connectivity index (χ2v) is 10.7. The van der Waals surface area contributed by atoms with Crippen molar-refractivity contribution in [3.05, 3.63) is 58.6 Å². The summed E-state index contributed by atoms with van der Waals surface area (Å²) in [5, 5.41) is 2.28. The number of sulfonamides is 1. The molecule has 6 nitrogen and oxygen atoms in total. The van der Waals surface area contributed by atoms with Gasteiger partial charge in [0, 0.05) is 0 Å². The molecule has 0 unspecified atom stereocenters. The largest absolute Gasteiger partial charge is 0.491 e. The second kappa shape index (κ2) is 10.2. The van der Waals surface area contributed by atoms with Crippen molar-refractivity contribution in [2.45, 2.75) is 32.4 Å². The first-order valence-corrected chi connectivity index (χ1v) is 12.2. The van der Waals surface area contributed by atoms with Gasteiger partial charge in [-0.3, -0.25) is 9.10 Å². The van der Waals surface area contributed by atoms with Crippen LogP contribution in [-0.2, 0) is 26.4 Å². The van der Waals surface area contributed by atoms with Crippen LogP contribution in [0, 0.1) is 0 Å². The number of anilines is 1. The van der Waals surface area contributed by atoms with Gasteiger partial charge < -0.3 is 10.1 Å². The van der Waals surface area contributed by atoms with E-state index in [1.54, 1.807) is 0 Å². The number of ether oxygens (including phenoxy) is 1. The van der Waals surface area contributed by atoms with Gasteiger partial charge in [0.05, 0.1) is 29.1 Å². The molecule has 33 heavy (non-hydrogen) atoms. The van der Waals surface area contributed by atoms with Crippen LogP contribution in [0.2, 0.25) is 5.02 Å². The lowest BCUT2D eigenvalue weighted by atomic mass is 9.86. The van der Waals surface area contributed by atoms with Crippen LogP contribution in [-0.4, -0.2) is 40.3 Å². The Kier molecular flexibility index (Phi) is 8.29. The maximum absolute atomic E-state index is 13.1. The van der Waals surface area contributed by atoms with Crippen LogP contribution in [0.4, 0.5) is 18.9 Å². The Morgan fingerprint density at radius 1 is 1.12 bits per heavy atom. The fourth-order valence-electron chi connectivity index (χ4n) is 3.01. The van der Waals surface area contributed by atoms with Crippen molar-refractivity contribution in [3.63, 3.8) is 0 Å². The number of rotatable bonds is 8. The van der Waals surface area contributed by atoms with Gasteiger partial charge in [0.15, 0.2) is 0 Å². The average Bonchev–Trinajstić information content (AvgIpc) is 2.68. The molecule has 0 heterocycles. The molecule has 1 N–H and O–H groups in total. The molecule has 182 valence electrons. The number of amides is 1. The highest BCUT2D eigenvalue weighted by Crippen LogP contribution is 2.36. The summed E-state index contributed by atoms with van der Waals surface area (Å²) in [6.07, 6.45) is -3.92. The van der Waals surface area contributed by atoms with Crippen molar-refractivity contribution >= 4 is 33.2 Å². The molecule has 0 saturated heterocycles. The summed E-state index contributed by atoms with van der Waals surface area (Å²) < 4.78 is 69.9. The quantitative estimate of drug-likeness (QED) is 0.530. The zero-order valence-corrected chi connectivity index (χ0v) is 20.2. The van der Waals surface area contributed by atoms with E-state index in [0.717, 1.165) is 24.0 Å². The number of hydrogen-bond donors (Lipinski definition) is 1.